The van der Waals surface area contributed by atoms with Crippen molar-refractivity contribution in [2.24, 2.45) is 5.92 Å². The van der Waals surface area contributed by atoms with E-state index in [-0.39, 0.29) is 18.3 Å². The Morgan fingerprint density at radius 2 is 1.88 bits per heavy atom. The SMILES string of the molecule is COc1cc(Br)c(OCC(=O)C2CC2)cc1Br. The Balaban J connectivity index is 2.04. The third kappa shape index (κ3) is 3.22. The molecule has 1 aromatic carbocycles. The van der Waals surface area contributed by atoms with Crippen LogP contribution in [0.3, 0.4) is 0 Å². The molecule has 0 atom stereocenters. The molecule has 0 radical (unpaired) electrons. The van der Waals surface area contributed by atoms with Crippen LogP contribution >= 0.6 is 31.9 Å². The predicted molar refractivity (Wildman–Crippen MR) is 71.6 cm³/mol. The molecule has 0 unspecified atom stereocenters. The molecule has 1 aliphatic carbocycles. The smallest absolute Gasteiger partial charge is 0.173 e. The van der Waals surface area contributed by atoms with Crippen molar-refractivity contribution in [3.05, 3.63) is 21.1 Å². The average molecular weight is 364 g/mol. The quantitative estimate of drug-likeness (QED) is 0.802. The summed E-state index contributed by atoms with van der Waals surface area (Å²) in [6.45, 7) is 0.141. The van der Waals surface area contributed by atoms with E-state index in [4.69, 9.17) is 9.47 Å². The van der Waals surface area contributed by atoms with Crippen LogP contribution in [0.5, 0.6) is 11.5 Å². The largest absolute Gasteiger partial charge is 0.496 e. The normalized spacial score (nSPS) is 14.5. The molecule has 92 valence electrons. The fourth-order valence-corrected chi connectivity index (χ4v) is 2.37. The molecular formula is C12H12Br2O3. The van der Waals surface area contributed by atoms with E-state index >= 15 is 0 Å². The van der Waals surface area contributed by atoms with Gasteiger partial charge in [-0.05, 0) is 56.8 Å². The van der Waals surface area contributed by atoms with E-state index in [1.54, 1.807) is 19.2 Å². The third-order valence-electron chi connectivity index (χ3n) is 2.61. The fraction of sp³-hybridized carbons (Fsp3) is 0.417. The molecule has 17 heavy (non-hydrogen) atoms. The summed E-state index contributed by atoms with van der Waals surface area (Å²) < 4.78 is 12.2. The van der Waals surface area contributed by atoms with Crippen molar-refractivity contribution in [1.29, 1.82) is 0 Å². The van der Waals surface area contributed by atoms with Gasteiger partial charge in [-0.15, -0.1) is 0 Å². The molecule has 3 nitrogen and oxygen atoms in total. The Morgan fingerprint density at radius 1 is 1.29 bits per heavy atom. The first-order valence-corrected chi connectivity index (χ1v) is 6.89. The summed E-state index contributed by atoms with van der Waals surface area (Å²) in [6, 6.07) is 3.60. The lowest BCUT2D eigenvalue weighted by atomic mass is 10.3. The number of ether oxygens (including phenoxy) is 2. The van der Waals surface area contributed by atoms with Gasteiger partial charge < -0.3 is 9.47 Å². The molecule has 2 rings (SSSR count). The molecule has 1 saturated carbocycles. The van der Waals surface area contributed by atoms with Gasteiger partial charge in [0.1, 0.15) is 18.1 Å². The van der Waals surface area contributed by atoms with Gasteiger partial charge in [0.15, 0.2) is 5.78 Å². The highest BCUT2D eigenvalue weighted by Crippen LogP contribution is 2.36. The van der Waals surface area contributed by atoms with Crippen molar-refractivity contribution in [2.45, 2.75) is 12.8 Å². The highest BCUT2D eigenvalue weighted by molar-refractivity contribution is 9.11. The number of Topliss-reactive ketones (excluding diaryl/α,β-unsaturated/α-hetero) is 1. The number of benzene rings is 1. The maximum atomic E-state index is 11.5. The number of methoxy groups -OCH3 is 1. The topological polar surface area (TPSA) is 35.5 Å². The van der Waals surface area contributed by atoms with Crippen molar-refractivity contribution in [1.82, 2.24) is 0 Å². The second-order valence-corrected chi connectivity index (χ2v) is 5.66. The first-order chi connectivity index (χ1) is 8.11. The molecule has 0 aliphatic heterocycles. The molecule has 0 spiro atoms. The van der Waals surface area contributed by atoms with Crippen molar-refractivity contribution in [3.63, 3.8) is 0 Å². The minimum absolute atomic E-state index is 0.141. The van der Waals surface area contributed by atoms with Crippen LogP contribution in [-0.2, 0) is 4.79 Å². The number of rotatable bonds is 5. The monoisotopic (exact) mass is 362 g/mol. The molecule has 0 amide bonds. The molecule has 1 aliphatic rings. The number of hydrogen-bond acceptors (Lipinski definition) is 3. The van der Waals surface area contributed by atoms with Crippen molar-refractivity contribution in [2.75, 3.05) is 13.7 Å². The van der Waals surface area contributed by atoms with Crippen LogP contribution in [0.4, 0.5) is 0 Å². The minimum Gasteiger partial charge on any atom is -0.496 e. The van der Waals surface area contributed by atoms with Gasteiger partial charge in [-0.25, -0.2) is 0 Å². The summed E-state index contributed by atoms with van der Waals surface area (Å²) in [6.07, 6.45) is 2.02. The fourth-order valence-electron chi connectivity index (χ4n) is 1.45. The Hall–Kier alpha value is -0.550. The summed E-state index contributed by atoms with van der Waals surface area (Å²) in [7, 11) is 1.60. The molecule has 0 saturated heterocycles. The van der Waals surface area contributed by atoms with Crippen LogP contribution in [-0.4, -0.2) is 19.5 Å². The molecular weight excluding hydrogens is 352 g/mol. The Labute approximate surface area is 117 Å². The first-order valence-electron chi connectivity index (χ1n) is 5.30. The zero-order valence-corrected chi connectivity index (χ0v) is 12.5. The van der Waals surface area contributed by atoms with E-state index in [9.17, 15) is 4.79 Å². The lowest BCUT2D eigenvalue weighted by Crippen LogP contribution is -2.13. The zero-order chi connectivity index (χ0) is 12.4. The second-order valence-electron chi connectivity index (χ2n) is 3.95. The van der Waals surface area contributed by atoms with Gasteiger partial charge in [0.25, 0.3) is 0 Å². The van der Waals surface area contributed by atoms with Crippen LogP contribution < -0.4 is 9.47 Å². The van der Waals surface area contributed by atoms with Crippen LogP contribution in [0, 0.1) is 5.92 Å². The van der Waals surface area contributed by atoms with Gasteiger partial charge in [0, 0.05) is 5.92 Å². The predicted octanol–water partition coefficient (Wildman–Crippen LogP) is 3.58. The molecule has 0 bridgehead atoms. The summed E-state index contributed by atoms with van der Waals surface area (Å²) in [5, 5.41) is 0. The van der Waals surface area contributed by atoms with Crippen LogP contribution in [0.2, 0.25) is 0 Å². The van der Waals surface area contributed by atoms with Crippen LogP contribution in [0.1, 0.15) is 12.8 Å². The van der Waals surface area contributed by atoms with E-state index in [0.29, 0.717) is 5.75 Å². The van der Waals surface area contributed by atoms with Crippen LogP contribution in [0.25, 0.3) is 0 Å². The summed E-state index contributed by atoms with van der Waals surface area (Å²) in [5.74, 6) is 1.78. The number of ketones is 1. The van der Waals surface area contributed by atoms with Crippen molar-refractivity contribution in [3.8, 4) is 11.5 Å². The lowest BCUT2D eigenvalue weighted by molar-refractivity contribution is -0.122. The van der Waals surface area contributed by atoms with Gasteiger partial charge in [-0.1, -0.05) is 0 Å². The lowest BCUT2D eigenvalue weighted by Gasteiger charge is -2.10. The van der Waals surface area contributed by atoms with E-state index in [1.165, 1.54) is 0 Å². The number of hydrogen-bond donors (Lipinski definition) is 0. The Morgan fingerprint density at radius 3 is 2.47 bits per heavy atom. The van der Waals surface area contributed by atoms with Crippen molar-refractivity contribution >= 4 is 37.6 Å². The number of halogens is 2. The summed E-state index contributed by atoms with van der Waals surface area (Å²) in [5.41, 5.74) is 0. The summed E-state index contributed by atoms with van der Waals surface area (Å²) >= 11 is 6.77. The van der Waals surface area contributed by atoms with Gasteiger partial charge in [-0.3, -0.25) is 4.79 Å². The first kappa shape index (κ1) is 12.9. The molecule has 0 heterocycles. The molecule has 0 N–H and O–H groups in total. The Bertz CT molecular complexity index is 442. The van der Waals surface area contributed by atoms with Crippen molar-refractivity contribution < 1.29 is 14.3 Å². The minimum atomic E-state index is 0.141. The molecule has 1 fully saturated rings. The number of carbonyl (C=O) groups is 1. The van der Waals surface area contributed by atoms with E-state index in [0.717, 1.165) is 27.5 Å². The molecule has 1 aromatic rings. The van der Waals surface area contributed by atoms with Gasteiger partial charge in [0.2, 0.25) is 0 Å². The van der Waals surface area contributed by atoms with Gasteiger partial charge in [-0.2, -0.15) is 0 Å². The Kier molecular flexibility index (Phi) is 4.09. The zero-order valence-electron chi connectivity index (χ0n) is 9.33. The second kappa shape index (κ2) is 5.40. The van der Waals surface area contributed by atoms with Gasteiger partial charge >= 0.3 is 0 Å². The molecule has 5 heteroatoms. The number of carbonyl (C=O) groups excluding carboxylic acids is 1. The highest BCUT2D eigenvalue weighted by atomic mass is 79.9. The third-order valence-corrected chi connectivity index (χ3v) is 3.85. The van der Waals surface area contributed by atoms with Crippen LogP contribution in [0.15, 0.2) is 21.1 Å². The van der Waals surface area contributed by atoms with E-state index in [2.05, 4.69) is 31.9 Å². The maximum Gasteiger partial charge on any atom is 0.173 e. The van der Waals surface area contributed by atoms with E-state index < -0.39 is 0 Å². The van der Waals surface area contributed by atoms with E-state index in [1.807, 2.05) is 0 Å². The van der Waals surface area contributed by atoms with Gasteiger partial charge in [0.05, 0.1) is 16.1 Å². The highest BCUT2D eigenvalue weighted by Gasteiger charge is 2.29. The summed E-state index contributed by atoms with van der Waals surface area (Å²) in [4.78, 5) is 11.5. The standard InChI is InChI=1S/C12H12Br2O3/c1-16-11-4-9(14)12(5-8(11)13)17-6-10(15)7-2-3-7/h4-5,7H,2-3,6H2,1H3. The average Bonchev–Trinajstić information content (AvgIpc) is 3.13. The maximum absolute atomic E-state index is 11.5. The molecule has 0 aromatic heterocycles.